The first-order valence-electron chi connectivity index (χ1n) is 7.80. The maximum absolute atomic E-state index is 13.0. The van der Waals surface area contributed by atoms with Crippen LogP contribution < -0.4 is 4.74 Å². The number of likely N-dealkylation sites (tertiary alicyclic amines) is 1. The second kappa shape index (κ2) is 7.94. The quantitative estimate of drug-likeness (QED) is 0.781. The first-order valence-corrected chi connectivity index (χ1v) is 7.80. The molecule has 0 radical (unpaired) electrons. The minimum absolute atomic E-state index is 0.0358. The number of nitrogens with zero attached hydrogens (tertiary/aromatic N) is 1. The van der Waals surface area contributed by atoms with E-state index in [9.17, 15) is 14.0 Å². The molecule has 23 heavy (non-hydrogen) atoms. The van der Waals surface area contributed by atoms with Gasteiger partial charge in [0, 0.05) is 26.1 Å². The highest BCUT2D eigenvalue weighted by atomic mass is 19.1. The van der Waals surface area contributed by atoms with Crippen LogP contribution in [0.15, 0.2) is 24.3 Å². The second-order valence-electron chi connectivity index (χ2n) is 5.80. The van der Waals surface area contributed by atoms with E-state index >= 15 is 0 Å². The van der Waals surface area contributed by atoms with E-state index in [1.807, 2.05) is 0 Å². The van der Waals surface area contributed by atoms with Crippen molar-refractivity contribution in [2.75, 3.05) is 19.7 Å². The van der Waals surface area contributed by atoms with Crippen LogP contribution in [0.2, 0.25) is 0 Å². The molecule has 1 atom stereocenters. The Hall–Kier alpha value is -2.11. The molecule has 1 fully saturated rings. The standard InChI is InChI=1S/C17H22FNO4/c1-12(11-22-16-5-3-4-15(18)10-16)23-17(21)14-6-8-19(9-7-14)13(2)20/h3-5,10,12,14H,6-9,11H2,1-2H3. The molecular weight excluding hydrogens is 301 g/mol. The summed E-state index contributed by atoms with van der Waals surface area (Å²) >= 11 is 0. The lowest BCUT2D eigenvalue weighted by Gasteiger charge is -2.30. The average molecular weight is 323 g/mol. The number of piperidine rings is 1. The van der Waals surface area contributed by atoms with Crippen molar-refractivity contribution in [2.24, 2.45) is 5.92 Å². The molecule has 0 spiro atoms. The Labute approximate surface area is 135 Å². The summed E-state index contributed by atoms with van der Waals surface area (Å²) in [4.78, 5) is 25.1. The molecule has 0 aromatic heterocycles. The number of ether oxygens (including phenoxy) is 2. The molecule has 1 amide bonds. The Morgan fingerprint density at radius 2 is 2.04 bits per heavy atom. The van der Waals surface area contributed by atoms with E-state index in [1.54, 1.807) is 24.0 Å². The van der Waals surface area contributed by atoms with Crippen molar-refractivity contribution in [1.82, 2.24) is 4.90 Å². The molecule has 0 saturated carbocycles. The number of rotatable bonds is 5. The molecule has 1 heterocycles. The zero-order valence-corrected chi connectivity index (χ0v) is 13.5. The maximum atomic E-state index is 13.0. The first kappa shape index (κ1) is 17.2. The Balaban J connectivity index is 1.73. The average Bonchev–Trinajstić information content (AvgIpc) is 2.53. The lowest BCUT2D eigenvalue weighted by molar-refractivity contribution is -0.157. The molecular formula is C17H22FNO4. The van der Waals surface area contributed by atoms with Crippen LogP contribution in [-0.4, -0.2) is 42.6 Å². The molecule has 1 aliphatic rings. The third-order valence-corrected chi connectivity index (χ3v) is 3.87. The summed E-state index contributed by atoms with van der Waals surface area (Å²) in [7, 11) is 0. The lowest BCUT2D eigenvalue weighted by atomic mass is 9.97. The SMILES string of the molecule is CC(=O)N1CCC(C(=O)OC(C)COc2cccc(F)c2)CC1. The molecule has 0 bridgehead atoms. The van der Waals surface area contributed by atoms with E-state index in [1.165, 1.54) is 19.1 Å². The van der Waals surface area contributed by atoms with Gasteiger partial charge in [-0.1, -0.05) is 6.07 Å². The zero-order chi connectivity index (χ0) is 16.8. The largest absolute Gasteiger partial charge is 0.490 e. The fraction of sp³-hybridized carbons (Fsp3) is 0.529. The van der Waals surface area contributed by atoms with Crippen LogP contribution in [0.25, 0.3) is 0 Å². The smallest absolute Gasteiger partial charge is 0.309 e. The number of hydrogen-bond donors (Lipinski definition) is 0. The number of carbonyl (C=O) groups excluding carboxylic acids is 2. The van der Waals surface area contributed by atoms with Gasteiger partial charge in [-0.05, 0) is 31.9 Å². The number of hydrogen-bond acceptors (Lipinski definition) is 4. The third-order valence-electron chi connectivity index (χ3n) is 3.87. The van der Waals surface area contributed by atoms with Gasteiger partial charge in [-0.15, -0.1) is 0 Å². The number of esters is 1. The Kier molecular flexibility index (Phi) is 5.96. The normalized spacial score (nSPS) is 16.7. The van der Waals surface area contributed by atoms with E-state index in [2.05, 4.69) is 0 Å². The third kappa shape index (κ3) is 5.23. The molecule has 1 aromatic carbocycles. The molecule has 1 aliphatic heterocycles. The van der Waals surface area contributed by atoms with Crippen LogP contribution in [0.5, 0.6) is 5.75 Å². The molecule has 1 saturated heterocycles. The Morgan fingerprint density at radius 1 is 1.35 bits per heavy atom. The first-order chi connectivity index (χ1) is 11.0. The molecule has 1 unspecified atom stereocenters. The summed E-state index contributed by atoms with van der Waals surface area (Å²) in [5, 5.41) is 0. The van der Waals surface area contributed by atoms with Crippen molar-refractivity contribution in [3.63, 3.8) is 0 Å². The summed E-state index contributed by atoms with van der Waals surface area (Å²) in [5.74, 6) is -0.369. The van der Waals surface area contributed by atoms with Crippen LogP contribution in [0.4, 0.5) is 4.39 Å². The van der Waals surface area contributed by atoms with E-state index < -0.39 is 6.10 Å². The maximum Gasteiger partial charge on any atom is 0.309 e. The molecule has 0 N–H and O–H groups in total. The minimum atomic E-state index is -0.420. The highest BCUT2D eigenvalue weighted by Crippen LogP contribution is 2.19. The van der Waals surface area contributed by atoms with Crippen molar-refractivity contribution in [2.45, 2.75) is 32.8 Å². The number of halogens is 1. The van der Waals surface area contributed by atoms with Crippen LogP contribution in [0.1, 0.15) is 26.7 Å². The molecule has 6 heteroatoms. The van der Waals surface area contributed by atoms with Crippen molar-refractivity contribution >= 4 is 11.9 Å². The summed E-state index contributed by atoms with van der Waals surface area (Å²) in [6, 6.07) is 5.83. The van der Waals surface area contributed by atoms with Crippen molar-refractivity contribution < 1.29 is 23.5 Å². The highest BCUT2D eigenvalue weighted by Gasteiger charge is 2.28. The zero-order valence-electron chi connectivity index (χ0n) is 13.5. The number of benzene rings is 1. The van der Waals surface area contributed by atoms with Gasteiger partial charge in [0.1, 0.15) is 24.3 Å². The molecule has 126 valence electrons. The highest BCUT2D eigenvalue weighted by molar-refractivity contribution is 5.75. The number of amides is 1. The fourth-order valence-corrected chi connectivity index (χ4v) is 2.53. The topological polar surface area (TPSA) is 55.8 Å². The van der Waals surface area contributed by atoms with Crippen LogP contribution in [-0.2, 0) is 14.3 Å². The van der Waals surface area contributed by atoms with Crippen LogP contribution in [0.3, 0.4) is 0 Å². The van der Waals surface area contributed by atoms with Crippen molar-refractivity contribution in [3.8, 4) is 5.75 Å². The Bertz CT molecular complexity index is 555. The van der Waals surface area contributed by atoms with Gasteiger partial charge in [0.15, 0.2) is 0 Å². The fourth-order valence-electron chi connectivity index (χ4n) is 2.53. The van der Waals surface area contributed by atoms with E-state index in [0.717, 1.165) is 0 Å². The van der Waals surface area contributed by atoms with Gasteiger partial charge in [0.2, 0.25) is 5.91 Å². The van der Waals surface area contributed by atoms with Gasteiger partial charge in [-0.2, -0.15) is 0 Å². The van der Waals surface area contributed by atoms with Crippen molar-refractivity contribution in [3.05, 3.63) is 30.1 Å². The van der Waals surface area contributed by atoms with Gasteiger partial charge in [-0.3, -0.25) is 9.59 Å². The summed E-state index contributed by atoms with van der Waals surface area (Å²) < 4.78 is 23.8. The molecule has 0 aliphatic carbocycles. The second-order valence-corrected chi connectivity index (χ2v) is 5.80. The monoisotopic (exact) mass is 323 g/mol. The molecule has 5 nitrogen and oxygen atoms in total. The lowest BCUT2D eigenvalue weighted by Crippen LogP contribution is -2.40. The predicted octanol–water partition coefficient (Wildman–Crippen LogP) is 2.39. The van der Waals surface area contributed by atoms with Gasteiger partial charge in [-0.25, -0.2) is 4.39 Å². The van der Waals surface area contributed by atoms with Crippen molar-refractivity contribution in [1.29, 1.82) is 0 Å². The van der Waals surface area contributed by atoms with Gasteiger partial charge in [0.25, 0.3) is 0 Å². The van der Waals surface area contributed by atoms with E-state index in [0.29, 0.717) is 31.7 Å². The molecule has 2 rings (SSSR count). The minimum Gasteiger partial charge on any atom is -0.490 e. The summed E-state index contributed by atoms with van der Waals surface area (Å²) in [6.45, 7) is 4.61. The number of carbonyl (C=O) groups is 2. The van der Waals surface area contributed by atoms with Gasteiger partial charge >= 0.3 is 5.97 Å². The molecule has 1 aromatic rings. The van der Waals surface area contributed by atoms with E-state index in [-0.39, 0.29) is 30.2 Å². The van der Waals surface area contributed by atoms with Gasteiger partial charge in [0.05, 0.1) is 5.92 Å². The Morgan fingerprint density at radius 3 is 2.65 bits per heavy atom. The summed E-state index contributed by atoms with van der Waals surface area (Å²) in [5.41, 5.74) is 0. The van der Waals surface area contributed by atoms with Gasteiger partial charge < -0.3 is 14.4 Å². The predicted molar refractivity (Wildman–Crippen MR) is 82.4 cm³/mol. The van der Waals surface area contributed by atoms with Crippen LogP contribution >= 0.6 is 0 Å². The van der Waals surface area contributed by atoms with E-state index in [4.69, 9.17) is 9.47 Å². The van der Waals surface area contributed by atoms with Crippen LogP contribution in [0, 0.1) is 11.7 Å². The summed E-state index contributed by atoms with van der Waals surface area (Å²) in [6.07, 6.45) is 0.822.